The van der Waals surface area contributed by atoms with Crippen LogP contribution in [0.15, 0.2) is 59.1 Å². The third-order valence-electron chi connectivity index (χ3n) is 5.02. The molecule has 0 saturated carbocycles. The second-order valence-corrected chi connectivity index (χ2v) is 8.33. The van der Waals surface area contributed by atoms with Crippen molar-refractivity contribution in [1.29, 1.82) is 5.26 Å². The van der Waals surface area contributed by atoms with E-state index in [2.05, 4.69) is 32.0 Å². The standard InChI is InChI=1S/C26H19BrFN3O4/c1-2-34-23-11-16(9-18(13-29)25-30-21-7-6-19(28)12-22(21)31-25)10-20(27)24(23)35-14-15-4-3-5-17(8-15)26(32)33/h3-12H,2,14H2,1H3,(H,30,31)(H,32,33)/b18-9-. The molecule has 0 aliphatic rings. The number of hydrogen-bond donors (Lipinski definition) is 2. The monoisotopic (exact) mass is 535 g/mol. The molecule has 0 radical (unpaired) electrons. The molecule has 0 bridgehead atoms. The Morgan fingerprint density at radius 1 is 1.23 bits per heavy atom. The Kier molecular flexibility index (Phi) is 7.13. The number of carbonyl (C=O) groups is 1. The van der Waals surface area contributed by atoms with Gasteiger partial charge in [0.05, 0.1) is 33.2 Å². The van der Waals surface area contributed by atoms with Crippen molar-refractivity contribution in [2.45, 2.75) is 13.5 Å². The number of carboxylic acids is 1. The molecule has 0 saturated heterocycles. The van der Waals surface area contributed by atoms with Crippen molar-refractivity contribution >= 4 is 44.6 Å². The summed E-state index contributed by atoms with van der Waals surface area (Å²) in [6.45, 7) is 2.35. The summed E-state index contributed by atoms with van der Waals surface area (Å²) in [4.78, 5) is 18.6. The van der Waals surface area contributed by atoms with Crippen LogP contribution in [-0.4, -0.2) is 27.7 Å². The first-order chi connectivity index (χ1) is 16.9. The number of nitrogens with one attached hydrogen (secondary N) is 1. The van der Waals surface area contributed by atoms with Gasteiger partial charge >= 0.3 is 5.97 Å². The van der Waals surface area contributed by atoms with E-state index in [9.17, 15) is 19.6 Å². The summed E-state index contributed by atoms with van der Waals surface area (Å²) in [5, 5.41) is 18.9. The predicted molar refractivity (Wildman–Crippen MR) is 133 cm³/mol. The van der Waals surface area contributed by atoms with Gasteiger partial charge in [0.2, 0.25) is 0 Å². The number of aromatic carboxylic acids is 1. The zero-order chi connectivity index (χ0) is 24.9. The quantitative estimate of drug-likeness (QED) is 0.260. The summed E-state index contributed by atoms with van der Waals surface area (Å²) in [6, 6.07) is 16.3. The van der Waals surface area contributed by atoms with Gasteiger partial charge in [-0.05, 0) is 82.5 Å². The first-order valence-corrected chi connectivity index (χ1v) is 11.4. The number of allylic oxidation sites excluding steroid dienone is 1. The van der Waals surface area contributed by atoms with E-state index in [0.717, 1.165) is 0 Å². The molecule has 1 heterocycles. The van der Waals surface area contributed by atoms with Crippen LogP contribution in [0.2, 0.25) is 0 Å². The van der Waals surface area contributed by atoms with Crippen LogP contribution in [0.25, 0.3) is 22.7 Å². The van der Waals surface area contributed by atoms with Gasteiger partial charge in [0.1, 0.15) is 24.3 Å². The molecule has 7 nitrogen and oxygen atoms in total. The fraction of sp³-hybridized carbons (Fsp3) is 0.115. The molecule has 0 aliphatic carbocycles. The summed E-state index contributed by atoms with van der Waals surface area (Å²) in [5.74, 6) is -0.192. The second kappa shape index (κ2) is 10.4. The molecule has 35 heavy (non-hydrogen) atoms. The maximum atomic E-state index is 13.5. The molecule has 4 aromatic rings. The number of nitrogens with zero attached hydrogens (tertiary/aromatic N) is 2. The van der Waals surface area contributed by atoms with E-state index in [-0.39, 0.29) is 17.7 Å². The summed E-state index contributed by atoms with van der Waals surface area (Å²) in [6.07, 6.45) is 1.64. The van der Waals surface area contributed by atoms with Crippen LogP contribution in [-0.2, 0) is 6.61 Å². The lowest BCUT2D eigenvalue weighted by Crippen LogP contribution is -2.03. The van der Waals surface area contributed by atoms with Crippen molar-refractivity contribution in [3.63, 3.8) is 0 Å². The normalized spacial score (nSPS) is 11.3. The number of carboxylic acid groups (broad SMARTS) is 1. The molecule has 0 amide bonds. The van der Waals surface area contributed by atoms with Crippen LogP contribution >= 0.6 is 15.9 Å². The van der Waals surface area contributed by atoms with Crippen LogP contribution < -0.4 is 9.47 Å². The fourth-order valence-electron chi connectivity index (χ4n) is 3.45. The highest BCUT2D eigenvalue weighted by Gasteiger charge is 2.15. The molecule has 4 rings (SSSR count). The molecule has 0 fully saturated rings. The van der Waals surface area contributed by atoms with E-state index in [1.165, 1.54) is 18.2 Å². The van der Waals surface area contributed by atoms with Crippen LogP contribution in [0.3, 0.4) is 0 Å². The highest BCUT2D eigenvalue weighted by molar-refractivity contribution is 9.10. The van der Waals surface area contributed by atoms with Gasteiger partial charge in [-0.2, -0.15) is 5.26 Å². The Morgan fingerprint density at radius 3 is 2.80 bits per heavy atom. The number of nitriles is 1. The van der Waals surface area contributed by atoms with Gasteiger partial charge < -0.3 is 19.6 Å². The van der Waals surface area contributed by atoms with Crippen molar-refractivity contribution < 1.29 is 23.8 Å². The molecular formula is C26H19BrFN3O4. The molecule has 2 N–H and O–H groups in total. The maximum absolute atomic E-state index is 13.5. The Labute approximate surface area is 208 Å². The molecular weight excluding hydrogens is 517 g/mol. The lowest BCUT2D eigenvalue weighted by atomic mass is 10.1. The molecule has 176 valence electrons. The van der Waals surface area contributed by atoms with Crippen LogP contribution in [0.1, 0.15) is 34.2 Å². The zero-order valence-electron chi connectivity index (χ0n) is 18.5. The minimum absolute atomic E-state index is 0.133. The van der Waals surface area contributed by atoms with Crippen molar-refractivity contribution in [3.05, 3.63) is 87.4 Å². The number of aromatic nitrogens is 2. The third-order valence-corrected chi connectivity index (χ3v) is 5.61. The molecule has 1 aromatic heterocycles. The Balaban J connectivity index is 1.64. The SMILES string of the molecule is CCOc1cc(/C=C(/C#N)c2nc3ccc(F)cc3[nH]2)cc(Br)c1OCc1cccc(C(=O)O)c1. The van der Waals surface area contributed by atoms with Gasteiger partial charge in [-0.15, -0.1) is 0 Å². The average molecular weight is 536 g/mol. The van der Waals surface area contributed by atoms with Crippen molar-refractivity contribution in [1.82, 2.24) is 9.97 Å². The largest absolute Gasteiger partial charge is 0.490 e. The second-order valence-electron chi connectivity index (χ2n) is 7.47. The number of hydrogen-bond acceptors (Lipinski definition) is 5. The fourth-order valence-corrected chi connectivity index (χ4v) is 4.03. The molecule has 0 unspecified atom stereocenters. The van der Waals surface area contributed by atoms with Crippen molar-refractivity contribution in [2.75, 3.05) is 6.61 Å². The first-order valence-electron chi connectivity index (χ1n) is 10.6. The van der Waals surface area contributed by atoms with Gasteiger partial charge in [-0.3, -0.25) is 0 Å². The number of rotatable bonds is 8. The summed E-state index contributed by atoms with van der Waals surface area (Å²) in [7, 11) is 0. The van der Waals surface area contributed by atoms with Gasteiger partial charge in [-0.1, -0.05) is 12.1 Å². The topological polar surface area (TPSA) is 108 Å². The number of aromatic amines is 1. The zero-order valence-corrected chi connectivity index (χ0v) is 20.1. The molecule has 3 aromatic carbocycles. The first kappa shape index (κ1) is 24.0. The van der Waals surface area contributed by atoms with Gasteiger partial charge in [-0.25, -0.2) is 14.2 Å². The Morgan fingerprint density at radius 2 is 2.06 bits per heavy atom. The highest BCUT2D eigenvalue weighted by Crippen LogP contribution is 2.38. The number of fused-ring (bicyclic) bond motifs is 1. The number of halogens is 2. The van der Waals surface area contributed by atoms with E-state index in [1.54, 1.807) is 42.5 Å². The third kappa shape index (κ3) is 5.50. The summed E-state index contributed by atoms with van der Waals surface area (Å²) < 4.78 is 25.8. The highest BCUT2D eigenvalue weighted by atomic mass is 79.9. The van der Waals surface area contributed by atoms with E-state index in [0.29, 0.717) is 50.6 Å². The van der Waals surface area contributed by atoms with Crippen LogP contribution in [0.4, 0.5) is 4.39 Å². The van der Waals surface area contributed by atoms with Gasteiger partial charge in [0.25, 0.3) is 0 Å². The number of ether oxygens (including phenoxy) is 2. The minimum Gasteiger partial charge on any atom is -0.490 e. The summed E-state index contributed by atoms with van der Waals surface area (Å²) in [5.41, 5.74) is 2.82. The van der Waals surface area contributed by atoms with E-state index < -0.39 is 11.8 Å². The van der Waals surface area contributed by atoms with Crippen LogP contribution in [0.5, 0.6) is 11.5 Å². The van der Waals surface area contributed by atoms with E-state index in [1.807, 2.05) is 6.92 Å². The summed E-state index contributed by atoms with van der Waals surface area (Å²) >= 11 is 3.51. The number of H-pyrrole nitrogens is 1. The molecule has 9 heteroatoms. The van der Waals surface area contributed by atoms with Crippen LogP contribution in [0, 0.1) is 17.1 Å². The van der Waals surface area contributed by atoms with E-state index >= 15 is 0 Å². The van der Waals surface area contributed by atoms with Crippen molar-refractivity contribution in [2.24, 2.45) is 0 Å². The minimum atomic E-state index is -1.01. The Hall–Kier alpha value is -4.16. The van der Waals surface area contributed by atoms with Crippen molar-refractivity contribution in [3.8, 4) is 17.6 Å². The average Bonchev–Trinajstić information content (AvgIpc) is 3.25. The Bertz CT molecular complexity index is 1490. The molecule has 0 atom stereocenters. The smallest absolute Gasteiger partial charge is 0.335 e. The molecule has 0 aliphatic heterocycles. The van der Waals surface area contributed by atoms with Gasteiger partial charge in [0, 0.05) is 0 Å². The maximum Gasteiger partial charge on any atom is 0.335 e. The predicted octanol–water partition coefficient (Wildman–Crippen LogP) is 6.20. The van der Waals surface area contributed by atoms with E-state index in [4.69, 9.17) is 9.47 Å². The number of imidazole rings is 1. The number of benzene rings is 3. The molecule has 0 spiro atoms. The lowest BCUT2D eigenvalue weighted by molar-refractivity contribution is 0.0696. The van der Waals surface area contributed by atoms with Gasteiger partial charge in [0.15, 0.2) is 11.5 Å². The lowest BCUT2D eigenvalue weighted by Gasteiger charge is -2.15.